The number of para-hydroxylation sites is 1. The quantitative estimate of drug-likeness (QED) is 0.482. The van der Waals surface area contributed by atoms with Gasteiger partial charge in [-0.05, 0) is 50.2 Å². The molecule has 0 saturated carbocycles. The third kappa shape index (κ3) is 3.46. The number of halogens is 1. The summed E-state index contributed by atoms with van der Waals surface area (Å²) in [5.74, 6) is -0.479. The number of hydrogen-bond donors (Lipinski definition) is 0. The lowest BCUT2D eigenvalue weighted by Gasteiger charge is -2.11. The van der Waals surface area contributed by atoms with Crippen molar-refractivity contribution in [1.82, 2.24) is 15.2 Å². The Labute approximate surface area is 160 Å². The molecule has 4 aromatic rings. The predicted octanol–water partition coefficient (Wildman–Crippen LogP) is 4.65. The molecule has 0 amide bonds. The monoisotopic (exact) mass is 377 g/mol. The molecule has 6 nitrogen and oxygen atoms in total. The first-order valence-electron chi connectivity index (χ1n) is 8.68. The van der Waals surface area contributed by atoms with E-state index < -0.39 is 12.1 Å². The number of nitrogens with zero attached hydrogens (tertiary/aromatic N) is 3. The fourth-order valence-electron chi connectivity index (χ4n) is 2.86. The summed E-state index contributed by atoms with van der Waals surface area (Å²) >= 11 is 0. The molecule has 0 aliphatic heterocycles. The van der Waals surface area contributed by atoms with Gasteiger partial charge in [0.25, 0.3) is 5.89 Å². The predicted molar refractivity (Wildman–Crippen MR) is 100 cm³/mol. The summed E-state index contributed by atoms with van der Waals surface area (Å²) in [6.07, 6.45) is -0.749. The molecule has 1 atom stereocenters. The van der Waals surface area contributed by atoms with Crippen LogP contribution >= 0.6 is 0 Å². The summed E-state index contributed by atoms with van der Waals surface area (Å²) in [6.45, 7) is 3.47. The molecule has 28 heavy (non-hydrogen) atoms. The topological polar surface area (TPSA) is 78.1 Å². The van der Waals surface area contributed by atoms with Crippen molar-refractivity contribution in [3.63, 3.8) is 0 Å². The number of carbonyl (C=O) groups excluding carboxylic acids is 1. The van der Waals surface area contributed by atoms with Gasteiger partial charge in [0.05, 0.1) is 11.1 Å². The first-order chi connectivity index (χ1) is 13.5. The number of aromatic nitrogens is 3. The van der Waals surface area contributed by atoms with Gasteiger partial charge in [0.15, 0.2) is 6.10 Å². The van der Waals surface area contributed by atoms with E-state index >= 15 is 0 Å². The maximum Gasteiger partial charge on any atom is 0.339 e. The van der Waals surface area contributed by atoms with Gasteiger partial charge in [0.1, 0.15) is 5.82 Å². The zero-order valence-corrected chi connectivity index (χ0v) is 15.2. The number of ether oxygens (including phenoxy) is 1. The summed E-state index contributed by atoms with van der Waals surface area (Å²) in [7, 11) is 0. The zero-order chi connectivity index (χ0) is 19.7. The summed E-state index contributed by atoms with van der Waals surface area (Å²) < 4.78 is 24.2. The average molecular weight is 377 g/mol. The van der Waals surface area contributed by atoms with Gasteiger partial charge in [0, 0.05) is 16.6 Å². The number of esters is 1. The molecule has 0 aliphatic carbocycles. The molecule has 2 heterocycles. The minimum atomic E-state index is -0.749. The van der Waals surface area contributed by atoms with Gasteiger partial charge in [-0.3, -0.25) is 4.98 Å². The Bertz CT molecular complexity index is 1160. The van der Waals surface area contributed by atoms with E-state index in [0.29, 0.717) is 16.5 Å². The molecule has 2 aromatic carbocycles. The summed E-state index contributed by atoms with van der Waals surface area (Å²) in [4.78, 5) is 17.2. The fourth-order valence-corrected chi connectivity index (χ4v) is 2.86. The van der Waals surface area contributed by atoms with E-state index in [0.717, 1.165) is 11.2 Å². The van der Waals surface area contributed by atoms with E-state index in [4.69, 9.17) is 9.15 Å². The Morgan fingerprint density at radius 2 is 1.86 bits per heavy atom. The molecular formula is C21H16FN3O3. The van der Waals surface area contributed by atoms with Crippen LogP contribution in [-0.2, 0) is 4.74 Å². The molecular weight excluding hydrogens is 361 g/mol. The normalized spacial score (nSPS) is 12.1. The molecule has 0 spiro atoms. The number of rotatable bonds is 4. The van der Waals surface area contributed by atoms with Crippen LogP contribution in [0.15, 0.2) is 59.0 Å². The molecule has 2 aromatic heterocycles. The Kier molecular flexibility index (Phi) is 4.57. The second-order valence-electron chi connectivity index (χ2n) is 6.33. The summed E-state index contributed by atoms with van der Waals surface area (Å²) in [5, 5.41) is 8.59. The zero-order valence-electron chi connectivity index (χ0n) is 15.2. The van der Waals surface area contributed by atoms with Crippen LogP contribution in [0.25, 0.3) is 22.4 Å². The van der Waals surface area contributed by atoms with Crippen LogP contribution in [0.4, 0.5) is 4.39 Å². The molecule has 0 unspecified atom stereocenters. The van der Waals surface area contributed by atoms with Gasteiger partial charge in [-0.15, -0.1) is 10.2 Å². The molecule has 140 valence electrons. The second-order valence-corrected chi connectivity index (χ2v) is 6.33. The van der Waals surface area contributed by atoms with Crippen LogP contribution in [0.3, 0.4) is 0 Å². The number of aryl methyl sites for hydroxylation is 1. The minimum Gasteiger partial charge on any atom is -0.449 e. The standard InChI is InChI=1S/C21H16FN3O3/c1-12-11-17(16-5-3-4-6-18(16)23-12)21(26)27-13(2)19-24-25-20(28-19)14-7-9-15(22)10-8-14/h3-11,13H,1-2H3/t13-/m1/s1. The minimum absolute atomic E-state index is 0.155. The van der Waals surface area contributed by atoms with Gasteiger partial charge in [-0.1, -0.05) is 18.2 Å². The van der Waals surface area contributed by atoms with Crippen LogP contribution in [0.5, 0.6) is 0 Å². The lowest BCUT2D eigenvalue weighted by molar-refractivity contribution is 0.0282. The highest BCUT2D eigenvalue weighted by Crippen LogP contribution is 2.25. The highest BCUT2D eigenvalue weighted by Gasteiger charge is 2.21. The third-order valence-electron chi connectivity index (χ3n) is 4.23. The second kappa shape index (κ2) is 7.19. The van der Waals surface area contributed by atoms with Crippen LogP contribution < -0.4 is 0 Å². The maximum atomic E-state index is 13.1. The lowest BCUT2D eigenvalue weighted by atomic mass is 10.1. The number of fused-ring (bicyclic) bond motifs is 1. The molecule has 0 N–H and O–H groups in total. The van der Waals surface area contributed by atoms with E-state index in [2.05, 4.69) is 15.2 Å². The lowest BCUT2D eigenvalue weighted by Crippen LogP contribution is -2.11. The van der Waals surface area contributed by atoms with E-state index in [-0.39, 0.29) is 17.6 Å². The van der Waals surface area contributed by atoms with Crippen molar-refractivity contribution in [3.8, 4) is 11.5 Å². The molecule has 0 fully saturated rings. The molecule has 4 rings (SSSR count). The van der Waals surface area contributed by atoms with Gasteiger partial charge in [0.2, 0.25) is 5.89 Å². The SMILES string of the molecule is Cc1cc(C(=O)O[C@H](C)c2nnc(-c3ccc(F)cc3)o2)c2ccccc2n1. The van der Waals surface area contributed by atoms with Crippen LogP contribution in [-0.4, -0.2) is 21.2 Å². The van der Waals surface area contributed by atoms with Gasteiger partial charge in [-0.25, -0.2) is 9.18 Å². The van der Waals surface area contributed by atoms with Gasteiger partial charge in [-0.2, -0.15) is 0 Å². The van der Waals surface area contributed by atoms with Crippen LogP contribution in [0.1, 0.15) is 35.0 Å². The van der Waals surface area contributed by atoms with Gasteiger partial charge < -0.3 is 9.15 Å². The molecule has 7 heteroatoms. The third-order valence-corrected chi connectivity index (χ3v) is 4.23. The Morgan fingerprint density at radius 3 is 2.64 bits per heavy atom. The average Bonchev–Trinajstić information content (AvgIpc) is 3.18. The van der Waals surface area contributed by atoms with Crippen molar-refractivity contribution in [2.24, 2.45) is 0 Å². The smallest absolute Gasteiger partial charge is 0.339 e. The van der Waals surface area contributed by atoms with Gasteiger partial charge >= 0.3 is 5.97 Å². The summed E-state index contributed by atoms with van der Waals surface area (Å²) in [6, 6.07) is 14.7. The number of pyridine rings is 1. The van der Waals surface area contributed by atoms with E-state index in [1.54, 1.807) is 13.0 Å². The van der Waals surface area contributed by atoms with Crippen molar-refractivity contribution in [1.29, 1.82) is 0 Å². The molecule has 0 bridgehead atoms. The highest BCUT2D eigenvalue weighted by atomic mass is 19.1. The van der Waals surface area contributed by atoms with E-state index in [1.165, 1.54) is 24.3 Å². The Hall–Kier alpha value is -3.61. The van der Waals surface area contributed by atoms with Crippen molar-refractivity contribution in [2.45, 2.75) is 20.0 Å². The Morgan fingerprint density at radius 1 is 1.11 bits per heavy atom. The number of hydrogen-bond acceptors (Lipinski definition) is 6. The van der Waals surface area contributed by atoms with Crippen molar-refractivity contribution in [2.75, 3.05) is 0 Å². The summed E-state index contributed by atoms with van der Waals surface area (Å²) in [5.41, 5.74) is 2.44. The van der Waals surface area contributed by atoms with E-state index in [9.17, 15) is 9.18 Å². The van der Waals surface area contributed by atoms with Crippen molar-refractivity contribution < 1.29 is 18.3 Å². The largest absolute Gasteiger partial charge is 0.449 e. The molecule has 0 radical (unpaired) electrons. The van der Waals surface area contributed by atoms with E-state index in [1.807, 2.05) is 31.2 Å². The molecule has 0 saturated heterocycles. The van der Waals surface area contributed by atoms with Crippen molar-refractivity contribution >= 4 is 16.9 Å². The van der Waals surface area contributed by atoms with Crippen LogP contribution in [0, 0.1) is 12.7 Å². The van der Waals surface area contributed by atoms with Crippen LogP contribution in [0.2, 0.25) is 0 Å². The first kappa shape index (κ1) is 17.8. The molecule has 0 aliphatic rings. The van der Waals surface area contributed by atoms with Crippen molar-refractivity contribution in [3.05, 3.63) is 77.6 Å². The first-order valence-corrected chi connectivity index (χ1v) is 8.68. The maximum absolute atomic E-state index is 13.1. The highest BCUT2D eigenvalue weighted by molar-refractivity contribution is 6.03. The number of benzene rings is 2. The fraction of sp³-hybridized carbons (Fsp3) is 0.143. The Balaban J connectivity index is 1.57. The number of carbonyl (C=O) groups is 1.